The number of hydrogen-bond acceptors (Lipinski definition) is 5. The zero-order chi connectivity index (χ0) is 19.9. The van der Waals surface area contributed by atoms with Gasteiger partial charge in [0, 0.05) is 37.2 Å². The van der Waals surface area contributed by atoms with E-state index < -0.39 is 16.6 Å². The molecule has 0 saturated heterocycles. The van der Waals surface area contributed by atoms with Crippen molar-refractivity contribution in [3.05, 3.63) is 32.8 Å². The third-order valence-corrected chi connectivity index (χ3v) is 3.56. The lowest BCUT2D eigenvalue weighted by molar-refractivity contribution is -0.384. The summed E-state index contributed by atoms with van der Waals surface area (Å²) in [4.78, 5) is 28.2. The number of benzene rings is 1. The van der Waals surface area contributed by atoms with Crippen LogP contribution in [0.15, 0.2) is 27.7 Å². The molecule has 0 atom stereocenters. The normalized spacial score (nSPS) is 11.7. The minimum absolute atomic E-state index is 0.0274. The Labute approximate surface area is 161 Å². The Balaban J connectivity index is 2.72. The van der Waals surface area contributed by atoms with E-state index >= 15 is 0 Å². The summed E-state index contributed by atoms with van der Waals surface area (Å²) in [5.41, 5.74) is -0.0648. The van der Waals surface area contributed by atoms with Crippen LogP contribution in [0.25, 0.3) is 0 Å². The van der Waals surface area contributed by atoms with Gasteiger partial charge in [0.25, 0.3) is 5.69 Å². The number of alkyl carbamates (subject to hydrolysis) is 1. The molecule has 0 aliphatic rings. The number of halogens is 1. The van der Waals surface area contributed by atoms with Crippen LogP contribution >= 0.6 is 15.9 Å². The quantitative estimate of drug-likeness (QED) is 0.244. The summed E-state index contributed by atoms with van der Waals surface area (Å²) in [6.07, 6.45) is -0.506. The lowest BCUT2D eigenvalue weighted by atomic mass is 10.2. The van der Waals surface area contributed by atoms with Gasteiger partial charge in [0.05, 0.1) is 17.2 Å². The first-order chi connectivity index (χ1) is 12.0. The highest BCUT2D eigenvalue weighted by molar-refractivity contribution is 9.10. The molecule has 0 spiro atoms. The van der Waals surface area contributed by atoms with Crippen molar-refractivity contribution in [1.29, 1.82) is 0 Å². The van der Waals surface area contributed by atoms with Crippen molar-refractivity contribution in [2.45, 2.75) is 26.4 Å². The fourth-order valence-electron chi connectivity index (χ4n) is 1.77. The second kappa shape index (κ2) is 9.37. The lowest BCUT2D eigenvalue weighted by Crippen LogP contribution is -2.35. The van der Waals surface area contributed by atoms with Gasteiger partial charge in [-0.1, -0.05) is 0 Å². The summed E-state index contributed by atoms with van der Waals surface area (Å²) in [5.74, 6) is 0.497. The van der Waals surface area contributed by atoms with Crippen LogP contribution in [-0.4, -0.2) is 54.7 Å². The van der Waals surface area contributed by atoms with Crippen LogP contribution in [0.3, 0.4) is 0 Å². The van der Waals surface area contributed by atoms with Gasteiger partial charge in [0.15, 0.2) is 5.96 Å². The fourth-order valence-corrected chi connectivity index (χ4v) is 2.12. The molecule has 0 aliphatic heterocycles. The van der Waals surface area contributed by atoms with Crippen LogP contribution in [0.4, 0.5) is 16.2 Å². The number of amides is 1. The van der Waals surface area contributed by atoms with Crippen LogP contribution in [-0.2, 0) is 4.74 Å². The molecule has 0 radical (unpaired) electrons. The van der Waals surface area contributed by atoms with E-state index in [1.165, 1.54) is 12.1 Å². The number of nitrogens with one attached hydrogen (secondary N) is 2. The van der Waals surface area contributed by atoms with E-state index in [0.717, 1.165) is 0 Å². The minimum Gasteiger partial charge on any atom is -0.444 e. The Morgan fingerprint density at radius 1 is 1.38 bits per heavy atom. The zero-order valence-corrected chi connectivity index (χ0v) is 17.1. The van der Waals surface area contributed by atoms with Gasteiger partial charge >= 0.3 is 6.09 Å². The first-order valence-electron chi connectivity index (χ1n) is 7.89. The molecular weight excluding hydrogens is 406 g/mol. The van der Waals surface area contributed by atoms with Gasteiger partial charge in [0.1, 0.15) is 5.60 Å². The molecule has 0 aliphatic carbocycles. The molecule has 0 bridgehead atoms. The van der Waals surface area contributed by atoms with Crippen molar-refractivity contribution in [2.75, 3.05) is 32.5 Å². The molecule has 1 aromatic carbocycles. The maximum Gasteiger partial charge on any atom is 0.407 e. The predicted octanol–water partition coefficient (Wildman–Crippen LogP) is 3.21. The third-order valence-electron chi connectivity index (χ3n) is 2.87. The third kappa shape index (κ3) is 7.68. The topological polar surface area (TPSA) is 109 Å². The van der Waals surface area contributed by atoms with Gasteiger partial charge in [-0.25, -0.2) is 4.79 Å². The molecule has 10 heteroatoms. The molecule has 0 unspecified atom stereocenters. The van der Waals surface area contributed by atoms with Gasteiger partial charge < -0.3 is 20.3 Å². The Kier molecular flexibility index (Phi) is 7.81. The van der Waals surface area contributed by atoms with E-state index in [4.69, 9.17) is 4.74 Å². The molecule has 1 amide bonds. The second-order valence-electron chi connectivity index (χ2n) is 6.57. The van der Waals surface area contributed by atoms with E-state index in [1.54, 1.807) is 45.8 Å². The first kappa shape index (κ1) is 21.7. The number of ether oxygens (including phenoxy) is 1. The highest BCUT2D eigenvalue weighted by Gasteiger charge is 2.15. The molecule has 1 rings (SSSR count). The predicted molar refractivity (Wildman–Crippen MR) is 105 cm³/mol. The van der Waals surface area contributed by atoms with Crippen molar-refractivity contribution in [2.24, 2.45) is 4.99 Å². The maximum absolute atomic E-state index is 11.6. The molecule has 0 aromatic heterocycles. The van der Waals surface area contributed by atoms with Gasteiger partial charge in [-0.3, -0.25) is 15.1 Å². The van der Waals surface area contributed by atoms with Crippen molar-refractivity contribution in [3.8, 4) is 0 Å². The number of anilines is 1. The molecule has 26 heavy (non-hydrogen) atoms. The van der Waals surface area contributed by atoms with Crippen molar-refractivity contribution in [1.82, 2.24) is 10.2 Å². The highest BCUT2D eigenvalue weighted by Crippen LogP contribution is 2.27. The number of guanidine groups is 1. The number of nitrogens with zero attached hydrogens (tertiary/aromatic N) is 3. The number of nitro groups is 1. The summed E-state index contributed by atoms with van der Waals surface area (Å²) >= 11 is 3.35. The monoisotopic (exact) mass is 429 g/mol. The fraction of sp³-hybridized carbons (Fsp3) is 0.500. The van der Waals surface area contributed by atoms with E-state index in [0.29, 0.717) is 29.2 Å². The Hall–Kier alpha value is -2.36. The Morgan fingerprint density at radius 2 is 2.04 bits per heavy atom. The van der Waals surface area contributed by atoms with Gasteiger partial charge in [0.2, 0.25) is 0 Å². The largest absolute Gasteiger partial charge is 0.444 e. The summed E-state index contributed by atoms with van der Waals surface area (Å²) < 4.78 is 5.82. The first-order valence-corrected chi connectivity index (χ1v) is 8.68. The molecule has 9 nitrogen and oxygen atoms in total. The lowest BCUT2D eigenvalue weighted by Gasteiger charge is -2.20. The van der Waals surface area contributed by atoms with E-state index in [9.17, 15) is 14.9 Å². The van der Waals surface area contributed by atoms with Gasteiger partial charge in [-0.15, -0.1) is 0 Å². The molecule has 1 aromatic rings. The Bertz CT molecular complexity index is 686. The molecule has 0 heterocycles. The van der Waals surface area contributed by atoms with Crippen LogP contribution in [0.5, 0.6) is 0 Å². The van der Waals surface area contributed by atoms with Gasteiger partial charge in [-0.2, -0.15) is 0 Å². The number of carbonyl (C=O) groups excluding carboxylic acids is 1. The number of nitro benzene ring substituents is 1. The standard InChI is InChI=1S/C16H24BrN5O4/c1-16(2,3)26-15(23)19-9-8-18-14(21(4)5)20-13-10-11(22(24)25)6-7-12(13)17/h6-7,10H,8-9H2,1-5H3,(H,18,20)(H,19,23). The van der Waals surface area contributed by atoms with Crippen LogP contribution in [0.1, 0.15) is 20.8 Å². The highest BCUT2D eigenvalue weighted by atomic mass is 79.9. The minimum atomic E-state index is -0.558. The average Bonchev–Trinajstić information content (AvgIpc) is 2.49. The Morgan fingerprint density at radius 3 is 2.58 bits per heavy atom. The molecule has 0 fully saturated rings. The van der Waals surface area contributed by atoms with E-state index in [-0.39, 0.29) is 5.69 Å². The number of carbonyl (C=O) groups is 1. The van der Waals surface area contributed by atoms with Gasteiger partial charge in [-0.05, 0) is 42.8 Å². The second-order valence-corrected chi connectivity index (χ2v) is 7.43. The van der Waals surface area contributed by atoms with Crippen LogP contribution in [0, 0.1) is 10.1 Å². The molecule has 144 valence electrons. The molecular formula is C16H24BrN5O4. The summed E-state index contributed by atoms with van der Waals surface area (Å²) in [6, 6.07) is 4.42. The zero-order valence-electron chi connectivity index (χ0n) is 15.5. The van der Waals surface area contributed by atoms with Crippen LogP contribution in [0.2, 0.25) is 0 Å². The summed E-state index contributed by atoms with van der Waals surface area (Å²) in [6.45, 7) is 5.97. The SMILES string of the molecule is CN(C)C(=NCCNC(=O)OC(C)(C)C)Nc1cc([N+](=O)[O-])ccc1Br. The smallest absolute Gasteiger partial charge is 0.407 e. The summed E-state index contributed by atoms with van der Waals surface area (Å²) in [5, 5.41) is 16.6. The van der Waals surface area contributed by atoms with E-state index in [1.807, 2.05) is 0 Å². The summed E-state index contributed by atoms with van der Waals surface area (Å²) in [7, 11) is 3.58. The van der Waals surface area contributed by atoms with E-state index in [2.05, 4.69) is 31.6 Å². The van der Waals surface area contributed by atoms with Crippen molar-refractivity contribution < 1.29 is 14.5 Å². The number of hydrogen-bond donors (Lipinski definition) is 2. The molecule has 2 N–H and O–H groups in total. The average molecular weight is 430 g/mol. The maximum atomic E-state index is 11.6. The number of rotatable bonds is 5. The molecule has 0 saturated carbocycles. The number of aliphatic imine (C=N–C) groups is 1. The van der Waals surface area contributed by atoms with Crippen molar-refractivity contribution in [3.63, 3.8) is 0 Å². The van der Waals surface area contributed by atoms with Crippen LogP contribution < -0.4 is 10.6 Å². The number of non-ortho nitro benzene ring substituents is 1. The van der Waals surface area contributed by atoms with Crippen molar-refractivity contribution >= 4 is 39.4 Å².